The van der Waals surface area contributed by atoms with Gasteiger partial charge in [-0.3, -0.25) is 9.69 Å². The molecule has 0 amide bonds. The Morgan fingerprint density at radius 3 is 2.13 bits per heavy atom. The summed E-state index contributed by atoms with van der Waals surface area (Å²) in [7, 11) is 0. The topological polar surface area (TPSA) is 55.6 Å². The Morgan fingerprint density at radius 2 is 1.80 bits per heavy atom. The molecule has 0 aliphatic rings. The monoisotopic (exact) mass is 216 g/mol. The van der Waals surface area contributed by atoms with E-state index in [0.717, 1.165) is 13.1 Å². The molecule has 2 N–H and O–H groups in total. The lowest BCUT2D eigenvalue weighted by Crippen LogP contribution is -2.59. The predicted molar refractivity (Wildman–Crippen MR) is 61.6 cm³/mol. The molecular formula is C11H24N2O2. The van der Waals surface area contributed by atoms with Crippen LogP contribution in [0.5, 0.6) is 0 Å². The number of esters is 1. The molecule has 0 aliphatic heterocycles. The largest absolute Gasteiger partial charge is 0.465 e. The van der Waals surface area contributed by atoms with Crippen molar-refractivity contribution in [1.29, 1.82) is 0 Å². The third kappa shape index (κ3) is 3.47. The molecule has 90 valence electrons. The van der Waals surface area contributed by atoms with Crippen LogP contribution < -0.4 is 5.73 Å². The highest BCUT2D eigenvalue weighted by Gasteiger charge is 2.36. The molecule has 0 bridgehead atoms. The molecule has 0 spiro atoms. The molecule has 0 fully saturated rings. The summed E-state index contributed by atoms with van der Waals surface area (Å²) in [6, 6.07) is -0.600. The van der Waals surface area contributed by atoms with Gasteiger partial charge in [0.2, 0.25) is 0 Å². The molecule has 0 aromatic rings. The number of ether oxygens (including phenoxy) is 1. The summed E-state index contributed by atoms with van der Waals surface area (Å²) in [4.78, 5) is 13.7. The zero-order valence-corrected chi connectivity index (χ0v) is 10.5. The first-order valence-corrected chi connectivity index (χ1v) is 5.58. The fourth-order valence-corrected chi connectivity index (χ4v) is 1.76. The summed E-state index contributed by atoms with van der Waals surface area (Å²) in [6.07, 6.45) is 0. The van der Waals surface area contributed by atoms with Gasteiger partial charge in [0.1, 0.15) is 6.04 Å². The third-order valence-electron chi connectivity index (χ3n) is 2.88. The van der Waals surface area contributed by atoms with Crippen molar-refractivity contribution in [2.24, 2.45) is 5.73 Å². The smallest absolute Gasteiger partial charge is 0.324 e. The Morgan fingerprint density at radius 1 is 1.33 bits per heavy atom. The molecule has 0 saturated carbocycles. The number of nitrogens with zero attached hydrogens (tertiary/aromatic N) is 1. The van der Waals surface area contributed by atoms with E-state index in [1.165, 1.54) is 0 Å². The molecular weight excluding hydrogens is 192 g/mol. The average Bonchev–Trinajstić information content (AvgIpc) is 2.18. The predicted octanol–water partition coefficient (Wildman–Crippen LogP) is 0.997. The number of hydrogen-bond acceptors (Lipinski definition) is 4. The summed E-state index contributed by atoms with van der Waals surface area (Å²) in [5.74, 6) is -0.325. The normalized spacial score (nSPS) is 14.1. The van der Waals surface area contributed by atoms with E-state index in [2.05, 4.69) is 18.7 Å². The lowest BCUT2D eigenvalue weighted by atomic mass is 9.93. The molecule has 0 aliphatic carbocycles. The summed E-state index contributed by atoms with van der Waals surface area (Å²) in [5.41, 5.74) is 5.55. The maximum atomic E-state index is 11.6. The van der Waals surface area contributed by atoms with Crippen molar-refractivity contribution in [2.75, 3.05) is 19.7 Å². The molecule has 15 heavy (non-hydrogen) atoms. The Balaban J connectivity index is 4.61. The second-order valence-corrected chi connectivity index (χ2v) is 4.06. The minimum absolute atomic E-state index is 0.325. The number of likely N-dealkylation sites (N-methyl/N-ethyl adjacent to an activating group) is 1. The van der Waals surface area contributed by atoms with Crippen molar-refractivity contribution >= 4 is 5.97 Å². The maximum Gasteiger partial charge on any atom is 0.324 e. The van der Waals surface area contributed by atoms with Crippen LogP contribution in [-0.2, 0) is 9.53 Å². The van der Waals surface area contributed by atoms with E-state index in [0.29, 0.717) is 6.61 Å². The Bertz CT molecular complexity index is 201. The number of rotatable bonds is 6. The van der Waals surface area contributed by atoms with Crippen molar-refractivity contribution in [3.05, 3.63) is 0 Å². The number of carbonyl (C=O) groups is 1. The van der Waals surface area contributed by atoms with Crippen molar-refractivity contribution in [3.8, 4) is 0 Å². The van der Waals surface area contributed by atoms with Gasteiger partial charge in [0, 0.05) is 5.54 Å². The van der Waals surface area contributed by atoms with Gasteiger partial charge in [-0.05, 0) is 33.9 Å². The van der Waals surface area contributed by atoms with Gasteiger partial charge in [-0.2, -0.15) is 0 Å². The van der Waals surface area contributed by atoms with Crippen LogP contribution >= 0.6 is 0 Å². The van der Waals surface area contributed by atoms with Crippen LogP contribution in [0.1, 0.15) is 34.6 Å². The zero-order chi connectivity index (χ0) is 12.1. The molecule has 1 atom stereocenters. The van der Waals surface area contributed by atoms with Crippen LogP contribution in [0, 0.1) is 0 Å². The molecule has 0 rings (SSSR count). The first-order valence-electron chi connectivity index (χ1n) is 5.58. The molecule has 0 aromatic heterocycles. The van der Waals surface area contributed by atoms with E-state index < -0.39 is 6.04 Å². The number of carbonyl (C=O) groups excluding carboxylic acids is 1. The molecule has 0 heterocycles. The fraction of sp³-hybridized carbons (Fsp3) is 0.909. The van der Waals surface area contributed by atoms with Gasteiger partial charge in [0.25, 0.3) is 0 Å². The summed E-state index contributed by atoms with van der Waals surface area (Å²) < 4.78 is 4.94. The van der Waals surface area contributed by atoms with Gasteiger partial charge in [-0.1, -0.05) is 13.8 Å². The molecule has 0 saturated heterocycles. The van der Waals surface area contributed by atoms with E-state index >= 15 is 0 Å². The quantitative estimate of drug-likeness (QED) is 0.673. The highest BCUT2D eigenvalue weighted by atomic mass is 16.5. The van der Waals surface area contributed by atoms with Gasteiger partial charge >= 0.3 is 5.97 Å². The SMILES string of the molecule is CCOC(=O)[C@@H](N)C(C)(C)N(CC)CC. The van der Waals surface area contributed by atoms with E-state index in [-0.39, 0.29) is 11.5 Å². The Labute approximate surface area is 92.8 Å². The van der Waals surface area contributed by atoms with Crippen molar-refractivity contribution in [1.82, 2.24) is 4.90 Å². The van der Waals surface area contributed by atoms with Crippen LogP contribution in [0.4, 0.5) is 0 Å². The van der Waals surface area contributed by atoms with Crippen LogP contribution in [0.3, 0.4) is 0 Å². The van der Waals surface area contributed by atoms with Crippen LogP contribution in [0.15, 0.2) is 0 Å². The van der Waals surface area contributed by atoms with Crippen molar-refractivity contribution in [2.45, 2.75) is 46.2 Å². The first kappa shape index (κ1) is 14.4. The van der Waals surface area contributed by atoms with Crippen LogP contribution in [-0.4, -0.2) is 42.1 Å². The third-order valence-corrected chi connectivity index (χ3v) is 2.88. The molecule has 0 unspecified atom stereocenters. The van der Waals surface area contributed by atoms with E-state index in [4.69, 9.17) is 10.5 Å². The summed E-state index contributed by atoms with van der Waals surface area (Å²) in [5, 5.41) is 0. The van der Waals surface area contributed by atoms with Gasteiger partial charge in [-0.25, -0.2) is 0 Å². The Hall–Kier alpha value is -0.610. The maximum absolute atomic E-state index is 11.6. The lowest BCUT2D eigenvalue weighted by Gasteiger charge is -2.40. The molecule has 4 heteroatoms. The van der Waals surface area contributed by atoms with Crippen molar-refractivity contribution in [3.63, 3.8) is 0 Å². The summed E-state index contributed by atoms with van der Waals surface area (Å²) in [6.45, 7) is 12.0. The second-order valence-electron chi connectivity index (χ2n) is 4.06. The average molecular weight is 216 g/mol. The zero-order valence-electron chi connectivity index (χ0n) is 10.5. The highest BCUT2D eigenvalue weighted by Crippen LogP contribution is 2.18. The van der Waals surface area contributed by atoms with Crippen LogP contribution in [0.2, 0.25) is 0 Å². The lowest BCUT2D eigenvalue weighted by molar-refractivity contribution is -0.148. The van der Waals surface area contributed by atoms with E-state index in [1.807, 2.05) is 13.8 Å². The van der Waals surface area contributed by atoms with E-state index in [9.17, 15) is 4.79 Å². The standard InChI is InChI=1S/C11H24N2O2/c1-6-13(7-2)11(4,5)9(12)10(14)15-8-3/h9H,6-8,12H2,1-5H3/t9-/m1/s1. The molecule has 4 nitrogen and oxygen atoms in total. The number of nitrogens with two attached hydrogens (primary N) is 1. The van der Waals surface area contributed by atoms with Gasteiger partial charge in [0.15, 0.2) is 0 Å². The van der Waals surface area contributed by atoms with E-state index in [1.54, 1.807) is 6.92 Å². The van der Waals surface area contributed by atoms with Gasteiger partial charge in [-0.15, -0.1) is 0 Å². The van der Waals surface area contributed by atoms with Gasteiger partial charge < -0.3 is 10.5 Å². The van der Waals surface area contributed by atoms with Crippen molar-refractivity contribution < 1.29 is 9.53 Å². The minimum Gasteiger partial charge on any atom is -0.465 e. The fourth-order valence-electron chi connectivity index (χ4n) is 1.76. The first-order chi connectivity index (χ1) is 6.91. The molecule has 0 aromatic carbocycles. The summed E-state index contributed by atoms with van der Waals surface area (Å²) >= 11 is 0. The highest BCUT2D eigenvalue weighted by molar-refractivity contribution is 5.77. The Kier molecular flexibility index (Phi) is 5.83. The minimum atomic E-state index is -0.600. The molecule has 0 radical (unpaired) electrons. The number of hydrogen-bond donors (Lipinski definition) is 1. The van der Waals surface area contributed by atoms with Gasteiger partial charge in [0.05, 0.1) is 6.61 Å². The second kappa shape index (κ2) is 6.08. The van der Waals surface area contributed by atoms with Crippen LogP contribution in [0.25, 0.3) is 0 Å².